The van der Waals surface area contributed by atoms with Crippen LogP contribution in [-0.4, -0.2) is 106 Å². The van der Waals surface area contributed by atoms with Crippen LogP contribution in [-0.2, 0) is 46.4 Å². The summed E-state index contributed by atoms with van der Waals surface area (Å²) >= 11 is 0. The fourth-order valence-corrected chi connectivity index (χ4v) is 7.02. The predicted molar refractivity (Wildman–Crippen MR) is 243 cm³/mol. The van der Waals surface area contributed by atoms with Gasteiger partial charge in [-0.25, -0.2) is 0 Å². The monoisotopic (exact) mass is 882 g/mol. The highest BCUT2D eigenvalue weighted by Gasteiger charge is 2.32. The number of nitrogens with one attached hydrogen (secondary N) is 2. The van der Waals surface area contributed by atoms with Gasteiger partial charge in [0.15, 0.2) is 23.1 Å². The number of ketones is 4. The Balaban J connectivity index is 1.60. The summed E-state index contributed by atoms with van der Waals surface area (Å²) in [6.07, 6.45) is 1.44. The molecule has 344 valence electrons. The number of likely N-dealkylation sites (N-methyl/N-ethyl adjacent to an activating group) is 1. The summed E-state index contributed by atoms with van der Waals surface area (Å²) in [6.45, 7) is 5.09. The Morgan fingerprint density at radius 3 is 1.89 bits per heavy atom. The molecule has 0 aromatic heterocycles. The Bertz CT molecular complexity index is 2070. The number of aryl methyl sites for hydroxylation is 1. The molecule has 0 spiro atoms. The normalized spacial score (nSPS) is 13.4. The van der Waals surface area contributed by atoms with Crippen molar-refractivity contribution in [2.75, 3.05) is 13.7 Å². The summed E-state index contributed by atoms with van der Waals surface area (Å²) < 4.78 is 0. The number of benzene rings is 3. The highest BCUT2D eigenvalue weighted by Crippen LogP contribution is 2.23. The van der Waals surface area contributed by atoms with E-state index in [9.17, 15) is 53.6 Å². The maximum atomic E-state index is 13.8. The number of aliphatic hydroxyl groups excluding tert-OH is 1. The standard InChI is InChI=1S/C48H63BN4O11/c1-6-7-8-32-9-13-34(14-10-32)35-15-17-36(18-16-35)43(58)27-37(29-54)48(63)51-31(3)41(56)21-22-46(61)53(5)40(26-33-11-19-38(55)20-12-33)44(59)25-30(2)47(62)52-39(28-45(50)60)42(57)23-24-49(4)64/h9-20,30-31,37,39-40,54-55,64H,6-8,21-29H2,1-5H3,(H2,50,60)(H,51,63)(H,52,62)/t30-,31-,37-,39+,40+/m1/s1. The van der Waals surface area contributed by atoms with Gasteiger partial charge in [0.25, 0.3) is 6.92 Å². The lowest BCUT2D eigenvalue weighted by atomic mass is 9.66. The van der Waals surface area contributed by atoms with E-state index in [1.807, 2.05) is 24.3 Å². The number of aromatic hydroxyl groups is 1. The summed E-state index contributed by atoms with van der Waals surface area (Å²) in [4.78, 5) is 106. The molecule has 3 aromatic rings. The van der Waals surface area contributed by atoms with Gasteiger partial charge < -0.3 is 36.5 Å². The first-order valence-electron chi connectivity index (χ1n) is 21.9. The van der Waals surface area contributed by atoms with E-state index in [2.05, 4.69) is 29.7 Å². The lowest BCUT2D eigenvalue weighted by Gasteiger charge is -2.29. The SMILES string of the molecule is CCCCc1ccc(-c2ccc(C(=O)C[C@H](CO)C(=O)N[C@H](C)C(=O)CCC(=O)N(C)[C@@H](Cc3ccc(O)cc3)C(=O)C[C@@H](C)C(=O)N[C@@H](CC(N)=O)C(=O)CCB(C)O)cc2)cc1. The van der Waals surface area contributed by atoms with E-state index in [-0.39, 0.29) is 56.4 Å². The average Bonchev–Trinajstić information content (AvgIpc) is 3.27. The van der Waals surface area contributed by atoms with Crippen LogP contribution < -0.4 is 16.4 Å². The van der Waals surface area contributed by atoms with Crippen molar-refractivity contribution in [3.05, 3.63) is 89.5 Å². The van der Waals surface area contributed by atoms with Gasteiger partial charge in [0.2, 0.25) is 23.6 Å². The summed E-state index contributed by atoms with van der Waals surface area (Å²) in [6, 6.07) is 17.8. The molecule has 0 unspecified atom stereocenters. The maximum absolute atomic E-state index is 13.8. The minimum Gasteiger partial charge on any atom is -0.508 e. The molecule has 0 saturated carbocycles. The van der Waals surface area contributed by atoms with E-state index >= 15 is 0 Å². The minimum absolute atomic E-state index is 0.00335. The largest absolute Gasteiger partial charge is 0.508 e. The van der Waals surface area contributed by atoms with Gasteiger partial charge in [-0.1, -0.05) is 87.8 Å². The molecule has 16 heteroatoms. The number of nitrogens with zero attached hydrogens (tertiary/aromatic N) is 1. The number of amides is 4. The first kappa shape index (κ1) is 52.3. The van der Waals surface area contributed by atoms with E-state index < -0.39 is 90.9 Å². The van der Waals surface area contributed by atoms with Gasteiger partial charge in [0, 0.05) is 50.6 Å². The minimum atomic E-state index is -1.26. The van der Waals surface area contributed by atoms with Gasteiger partial charge in [-0.05, 0) is 66.9 Å². The third kappa shape index (κ3) is 16.9. The molecule has 64 heavy (non-hydrogen) atoms. The molecule has 3 aromatic carbocycles. The van der Waals surface area contributed by atoms with Crippen LogP contribution in [0.4, 0.5) is 0 Å². The molecule has 0 bridgehead atoms. The van der Waals surface area contributed by atoms with Gasteiger partial charge in [-0.3, -0.25) is 38.4 Å². The summed E-state index contributed by atoms with van der Waals surface area (Å²) in [7, 11) is 1.39. The topological polar surface area (TPSA) is 251 Å². The van der Waals surface area contributed by atoms with Crippen molar-refractivity contribution >= 4 is 53.7 Å². The molecule has 4 amide bonds. The Labute approximate surface area is 375 Å². The van der Waals surface area contributed by atoms with Crippen molar-refractivity contribution in [2.24, 2.45) is 17.6 Å². The molecule has 15 nitrogen and oxygen atoms in total. The van der Waals surface area contributed by atoms with Crippen molar-refractivity contribution in [2.45, 2.75) is 116 Å². The smallest absolute Gasteiger partial charge is 0.286 e. The third-order valence-corrected chi connectivity index (χ3v) is 11.2. The molecule has 5 atom stereocenters. The Morgan fingerprint density at radius 2 is 1.33 bits per heavy atom. The number of carbonyl (C=O) groups excluding carboxylic acids is 8. The average molecular weight is 883 g/mol. The maximum Gasteiger partial charge on any atom is 0.286 e. The fraction of sp³-hybridized carbons (Fsp3) is 0.458. The van der Waals surface area contributed by atoms with Crippen LogP contribution in [0.1, 0.15) is 93.6 Å². The number of carbonyl (C=O) groups is 8. The molecule has 0 radical (unpaired) electrons. The zero-order valence-corrected chi connectivity index (χ0v) is 37.5. The number of hydrogen-bond donors (Lipinski definition) is 6. The number of phenols is 1. The third-order valence-electron chi connectivity index (χ3n) is 11.2. The lowest BCUT2D eigenvalue weighted by Crippen LogP contribution is -2.48. The van der Waals surface area contributed by atoms with Crippen molar-refractivity contribution in [1.82, 2.24) is 15.5 Å². The van der Waals surface area contributed by atoms with Crippen LogP contribution in [0.15, 0.2) is 72.8 Å². The van der Waals surface area contributed by atoms with E-state index in [1.165, 1.54) is 50.3 Å². The van der Waals surface area contributed by atoms with E-state index in [0.717, 1.165) is 30.4 Å². The van der Waals surface area contributed by atoms with Crippen LogP contribution >= 0.6 is 0 Å². The van der Waals surface area contributed by atoms with Crippen LogP contribution in [0.25, 0.3) is 11.1 Å². The molecule has 0 fully saturated rings. The fourth-order valence-electron chi connectivity index (χ4n) is 7.02. The quantitative estimate of drug-likeness (QED) is 0.0449. The number of rotatable bonds is 28. The number of Topliss-reactive ketones (excluding diaryl/α,β-unsaturated/α-hetero) is 4. The van der Waals surface area contributed by atoms with Crippen LogP contribution in [0.2, 0.25) is 13.1 Å². The summed E-state index contributed by atoms with van der Waals surface area (Å²) in [5.74, 6) is -6.87. The number of aliphatic hydroxyl groups is 1. The van der Waals surface area contributed by atoms with Gasteiger partial charge >= 0.3 is 0 Å². The van der Waals surface area contributed by atoms with Gasteiger partial charge in [-0.2, -0.15) is 0 Å². The number of nitrogens with two attached hydrogens (primary N) is 1. The van der Waals surface area contributed by atoms with Crippen LogP contribution in [0, 0.1) is 11.8 Å². The van der Waals surface area contributed by atoms with Gasteiger partial charge in [-0.15, -0.1) is 0 Å². The van der Waals surface area contributed by atoms with Crippen LogP contribution in [0.5, 0.6) is 5.75 Å². The molecular weight excluding hydrogens is 819 g/mol. The number of hydrogen-bond acceptors (Lipinski definition) is 11. The Kier molecular flexibility index (Phi) is 21.2. The number of phenolic OH excluding ortho intramolecular Hbond substituents is 1. The van der Waals surface area contributed by atoms with E-state index in [0.29, 0.717) is 11.1 Å². The summed E-state index contributed by atoms with van der Waals surface area (Å²) in [5, 5.41) is 34.4. The zero-order chi connectivity index (χ0) is 47.5. The second-order valence-corrected chi connectivity index (χ2v) is 16.6. The molecule has 0 aliphatic heterocycles. The molecular formula is C48H63BN4O11. The van der Waals surface area contributed by atoms with E-state index in [4.69, 9.17) is 5.73 Å². The second-order valence-electron chi connectivity index (χ2n) is 16.6. The van der Waals surface area contributed by atoms with E-state index in [1.54, 1.807) is 24.3 Å². The highest BCUT2D eigenvalue weighted by atomic mass is 16.3. The molecule has 3 rings (SSSR count). The van der Waals surface area contributed by atoms with Crippen molar-refractivity contribution in [3.8, 4) is 16.9 Å². The highest BCUT2D eigenvalue weighted by molar-refractivity contribution is 6.48. The van der Waals surface area contributed by atoms with Gasteiger partial charge in [0.1, 0.15) is 5.75 Å². The molecule has 0 saturated heterocycles. The predicted octanol–water partition coefficient (Wildman–Crippen LogP) is 4.04. The van der Waals surface area contributed by atoms with Gasteiger partial charge in [0.05, 0.1) is 37.1 Å². The molecule has 0 aliphatic rings. The second kappa shape index (κ2) is 26.0. The summed E-state index contributed by atoms with van der Waals surface area (Å²) in [5.41, 5.74) is 9.44. The first-order valence-corrected chi connectivity index (χ1v) is 21.9. The van der Waals surface area contributed by atoms with Crippen molar-refractivity contribution in [3.63, 3.8) is 0 Å². The lowest BCUT2D eigenvalue weighted by molar-refractivity contribution is -0.140. The Morgan fingerprint density at radius 1 is 0.734 bits per heavy atom. The molecule has 7 N–H and O–H groups in total. The number of unbranched alkanes of at least 4 members (excludes halogenated alkanes) is 1. The molecule has 0 aliphatic carbocycles. The first-order chi connectivity index (χ1) is 30.3. The van der Waals surface area contributed by atoms with Crippen LogP contribution in [0.3, 0.4) is 0 Å². The zero-order valence-electron chi connectivity index (χ0n) is 37.5. The van der Waals surface area contributed by atoms with Crippen molar-refractivity contribution < 1.29 is 53.6 Å². The van der Waals surface area contributed by atoms with Crippen molar-refractivity contribution in [1.29, 1.82) is 0 Å². The molecule has 0 heterocycles. The Hall–Kier alpha value is -6.00. The number of primary amides is 1.